The van der Waals surface area contributed by atoms with E-state index in [0.717, 1.165) is 19.5 Å². The van der Waals surface area contributed by atoms with Gasteiger partial charge in [-0.05, 0) is 33.1 Å². The van der Waals surface area contributed by atoms with Gasteiger partial charge in [0.05, 0.1) is 6.10 Å². The topological polar surface area (TPSA) is 49.8 Å². The number of carbonyl (C=O) groups excluding carboxylic acids is 1. The van der Waals surface area contributed by atoms with Crippen LogP contribution in [-0.2, 0) is 4.74 Å². The Labute approximate surface area is 96.6 Å². The molecule has 92 valence electrons. The fourth-order valence-corrected chi connectivity index (χ4v) is 2.61. The van der Waals surface area contributed by atoms with Gasteiger partial charge in [-0.15, -0.1) is 0 Å². The molecular weight excluding hydrogens is 206 g/mol. The number of amides is 1. The van der Waals surface area contributed by atoms with Crippen LogP contribution >= 0.6 is 0 Å². The lowest BCUT2D eigenvalue weighted by atomic mass is 9.55. The molecule has 2 aliphatic rings. The van der Waals surface area contributed by atoms with Gasteiger partial charge in [0.2, 0.25) is 0 Å². The fourth-order valence-electron chi connectivity index (χ4n) is 2.61. The van der Waals surface area contributed by atoms with Crippen molar-refractivity contribution in [2.24, 2.45) is 11.3 Å². The summed E-state index contributed by atoms with van der Waals surface area (Å²) in [6.07, 6.45) is 0.417. The zero-order chi connectivity index (χ0) is 12.1. The molecular formula is C12H21NO3. The van der Waals surface area contributed by atoms with E-state index in [2.05, 4.69) is 6.92 Å². The van der Waals surface area contributed by atoms with Crippen LogP contribution in [0.15, 0.2) is 0 Å². The largest absolute Gasteiger partial charge is 0.444 e. The highest BCUT2D eigenvalue weighted by Gasteiger charge is 2.59. The van der Waals surface area contributed by atoms with Crippen LogP contribution in [0, 0.1) is 11.3 Å². The van der Waals surface area contributed by atoms with Crippen LogP contribution in [0.5, 0.6) is 0 Å². The maximum atomic E-state index is 11.7. The standard InChI is InChI=1S/C12H21NO3/c1-8-9(14)5-12(8)6-13(7-12)10(15)16-11(2,3)4/h8-9,14H,5-7H2,1-4H3/t8-,9+/m0/s1. The number of likely N-dealkylation sites (tertiary alicyclic amines) is 1. The van der Waals surface area contributed by atoms with Gasteiger partial charge in [-0.1, -0.05) is 6.92 Å². The fraction of sp³-hybridized carbons (Fsp3) is 0.917. The van der Waals surface area contributed by atoms with Crippen molar-refractivity contribution in [3.05, 3.63) is 0 Å². The minimum Gasteiger partial charge on any atom is -0.444 e. The predicted octanol–water partition coefficient (Wildman–Crippen LogP) is 1.62. The maximum Gasteiger partial charge on any atom is 0.410 e. The van der Waals surface area contributed by atoms with E-state index in [1.807, 2.05) is 20.8 Å². The normalized spacial score (nSPS) is 31.9. The SMILES string of the molecule is C[C@H]1[C@H](O)CC12CN(C(=O)OC(C)(C)C)C2. The lowest BCUT2D eigenvalue weighted by molar-refractivity contribution is -0.172. The number of carbonyl (C=O) groups is 1. The zero-order valence-electron chi connectivity index (χ0n) is 10.5. The molecule has 2 rings (SSSR count). The zero-order valence-corrected chi connectivity index (χ0v) is 10.5. The van der Waals surface area contributed by atoms with Gasteiger partial charge < -0.3 is 14.7 Å². The Morgan fingerprint density at radius 1 is 1.44 bits per heavy atom. The number of aliphatic hydroxyl groups excluding tert-OH is 1. The molecule has 2 atom stereocenters. The van der Waals surface area contributed by atoms with Crippen LogP contribution in [-0.4, -0.2) is 40.9 Å². The van der Waals surface area contributed by atoms with Crippen molar-refractivity contribution in [1.29, 1.82) is 0 Å². The predicted molar refractivity (Wildman–Crippen MR) is 60.0 cm³/mol. The second kappa shape index (κ2) is 3.36. The first kappa shape index (κ1) is 11.7. The van der Waals surface area contributed by atoms with Gasteiger partial charge in [0, 0.05) is 18.5 Å². The smallest absolute Gasteiger partial charge is 0.410 e. The Kier molecular flexibility index (Phi) is 2.46. The minimum atomic E-state index is -0.426. The van der Waals surface area contributed by atoms with Gasteiger partial charge in [0.15, 0.2) is 0 Å². The first-order valence-corrected chi connectivity index (χ1v) is 5.89. The Hall–Kier alpha value is -0.770. The summed E-state index contributed by atoms with van der Waals surface area (Å²) in [5.41, 5.74) is -0.249. The number of hydrogen-bond donors (Lipinski definition) is 1. The van der Waals surface area contributed by atoms with Crippen molar-refractivity contribution in [2.75, 3.05) is 13.1 Å². The highest BCUT2D eigenvalue weighted by Crippen LogP contribution is 2.52. The van der Waals surface area contributed by atoms with E-state index in [0.29, 0.717) is 5.92 Å². The van der Waals surface area contributed by atoms with E-state index in [1.54, 1.807) is 4.90 Å². The molecule has 1 heterocycles. The third-order valence-corrected chi connectivity index (χ3v) is 3.82. The first-order valence-electron chi connectivity index (χ1n) is 5.89. The molecule has 1 aliphatic heterocycles. The number of nitrogens with zero attached hydrogens (tertiary/aromatic N) is 1. The number of aliphatic hydroxyl groups is 1. The number of rotatable bonds is 0. The van der Waals surface area contributed by atoms with Gasteiger partial charge in [-0.25, -0.2) is 4.79 Å². The number of ether oxygens (including phenoxy) is 1. The summed E-state index contributed by atoms with van der Waals surface area (Å²) < 4.78 is 5.29. The van der Waals surface area contributed by atoms with Gasteiger partial charge >= 0.3 is 6.09 Å². The summed E-state index contributed by atoms with van der Waals surface area (Å²) in [5.74, 6) is 0.311. The molecule has 0 unspecified atom stereocenters. The van der Waals surface area contributed by atoms with Gasteiger partial charge in [0.1, 0.15) is 5.60 Å². The summed E-state index contributed by atoms with van der Waals surface area (Å²) in [4.78, 5) is 13.4. The van der Waals surface area contributed by atoms with Crippen molar-refractivity contribution in [3.8, 4) is 0 Å². The van der Waals surface area contributed by atoms with Crippen molar-refractivity contribution < 1.29 is 14.6 Å². The highest BCUT2D eigenvalue weighted by molar-refractivity contribution is 5.69. The molecule has 1 amide bonds. The Morgan fingerprint density at radius 2 is 2.00 bits per heavy atom. The minimum absolute atomic E-state index is 0.177. The summed E-state index contributed by atoms with van der Waals surface area (Å²) in [7, 11) is 0. The molecule has 0 aromatic rings. The summed E-state index contributed by atoms with van der Waals surface area (Å²) >= 11 is 0. The van der Waals surface area contributed by atoms with E-state index in [9.17, 15) is 9.90 Å². The second-order valence-corrected chi connectivity index (χ2v) is 6.26. The molecule has 0 radical (unpaired) electrons. The monoisotopic (exact) mass is 227 g/mol. The van der Waals surface area contributed by atoms with Crippen LogP contribution in [0.25, 0.3) is 0 Å². The quantitative estimate of drug-likeness (QED) is 0.684. The van der Waals surface area contributed by atoms with Crippen LogP contribution in [0.4, 0.5) is 4.79 Å². The first-order chi connectivity index (χ1) is 7.23. The summed E-state index contributed by atoms with van der Waals surface area (Å²) in [6.45, 7) is 9.14. The Bertz CT molecular complexity index is 302. The molecule has 1 N–H and O–H groups in total. The second-order valence-electron chi connectivity index (χ2n) is 6.26. The van der Waals surface area contributed by atoms with E-state index in [4.69, 9.17) is 4.74 Å². The average molecular weight is 227 g/mol. The molecule has 1 saturated heterocycles. The van der Waals surface area contributed by atoms with Crippen LogP contribution in [0.1, 0.15) is 34.1 Å². The lowest BCUT2D eigenvalue weighted by Gasteiger charge is -2.61. The van der Waals surface area contributed by atoms with Crippen molar-refractivity contribution in [3.63, 3.8) is 0 Å². The van der Waals surface area contributed by atoms with Crippen molar-refractivity contribution >= 4 is 6.09 Å². The molecule has 1 saturated carbocycles. The summed E-state index contributed by atoms with van der Waals surface area (Å²) in [5, 5.41) is 9.49. The van der Waals surface area contributed by atoms with Gasteiger partial charge in [-0.3, -0.25) is 0 Å². The third kappa shape index (κ3) is 1.79. The van der Waals surface area contributed by atoms with Gasteiger partial charge in [-0.2, -0.15) is 0 Å². The van der Waals surface area contributed by atoms with Crippen LogP contribution in [0.3, 0.4) is 0 Å². The Morgan fingerprint density at radius 3 is 2.38 bits per heavy atom. The molecule has 4 nitrogen and oxygen atoms in total. The molecule has 4 heteroatoms. The molecule has 0 aromatic heterocycles. The van der Waals surface area contributed by atoms with E-state index in [1.165, 1.54) is 0 Å². The molecule has 1 spiro atoms. The van der Waals surface area contributed by atoms with E-state index >= 15 is 0 Å². The lowest BCUT2D eigenvalue weighted by Crippen LogP contribution is -2.69. The van der Waals surface area contributed by atoms with Crippen LogP contribution < -0.4 is 0 Å². The molecule has 0 bridgehead atoms. The Balaban J connectivity index is 1.83. The van der Waals surface area contributed by atoms with Crippen molar-refractivity contribution in [2.45, 2.75) is 45.8 Å². The molecule has 16 heavy (non-hydrogen) atoms. The maximum absolute atomic E-state index is 11.7. The molecule has 2 fully saturated rings. The average Bonchev–Trinajstić information content (AvgIpc) is 2.06. The van der Waals surface area contributed by atoms with Crippen LogP contribution in [0.2, 0.25) is 0 Å². The highest BCUT2D eigenvalue weighted by atomic mass is 16.6. The van der Waals surface area contributed by atoms with E-state index < -0.39 is 5.60 Å². The van der Waals surface area contributed by atoms with Gasteiger partial charge in [0.25, 0.3) is 0 Å². The van der Waals surface area contributed by atoms with E-state index in [-0.39, 0.29) is 17.6 Å². The third-order valence-electron chi connectivity index (χ3n) is 3.82. The molecule has 0 aromatic carbocycles. The van der Waals surface area contributed by atoms with Crippen molar-refractivity contribution in [1.82, 2.24) is 4.90 Å². The number of hydrogen-bond acceptors (Lipinski definition) is 3. The summed E-state index contributed by atoms with van der Waals surface area (Å²) in [6, 6.07) is 0. The molecule has 1 aliphatic carbocycles.